The number of anilines is 1. The highest BCUT2D eigenvalue weighted by molar-refractivity contribution is 6.33. The Balaban J connectivity index is 2.05. The van der Waals surface area contributed by atoms with Crippen LogP contribution in [0.1, 0.15) is 22.8 Å². The molecule has 0 saturated carbocycles. The van der Waals surface area contributed by atoms with Crippen LogP contribution in [0.5, 0.6) is 0 Å². The van der Waals surface area contributed by atoms with Crippen LogP contribution in [0, 0.1) is 0 Å². The number of rotatable bonds is 4. The van der Waals surface area contributed by atoms with E-state index in [1.54, 1.807) is 24.3 Å². The highest BCUT2D eigenvalue weighted by Crippen LogP contribution is 2.29. The van der Waals surface area contributed by atoms with Crippen molar-refractivity contribution in [1.82, 2.24) is 0 Å². The molecule has 0 heterocycles. The van der Waals surface area contributed by atoms with Gasteiger partial charge in [-0.1, -0.05) is 29.8 Å². The Labute approximate surface area is 146 Å². The van der Waals surface area contributed by atoms with Gasteiger partial charge in [0, 0.05) is 0 Å². The molecule has 4 nitrogen and oxygen atoms in total. The maximum Gasteiger partial charge on any atom is 0.416 e. The zero-order chi connectivity index (χ0) is 18.6. The molecule has 0 spiro atoms. The van der Waals surface area contributed by atoms with Crippen LogP contribution < -0.4 is 5.32 Å². The van der Waals surface area contributed by atoms with Gasteiger partial charge in [-0.3, -0.25) is 4.79 Å². The Morgan fingerprint density at radius 1 is 1.12 bits per heavy atom. The number of hydrogen-bond acceptors (Lipinski definition) is 3. The molecular weight excluding hydrogens is 359 g/mol. The molecule has 0 aromatic heterocycles. The van der Waals surface area contributed by atoms with Crippen molar-refractivity contribution < 1.29 is 27.5 Å². The molecule has 1 N–H and O–H groups in total. The highest BCUT2D eigenvalue weighted by Gasteiger charge is 2.31. The topological polar surface area (TPSA) is 55.4 Å². The molecule has 132 valence electrons. The molecule has 8 heteroatoms. The van der Waals surface area contributed by atoms with E-state index in [-0.39, 0.29) is 5.56 Å². The fourth-order valence-electron chi connectivity index (χ4n) is 1.90. The summed E-state index contributed by atoms with van der Waals surface area (Å²) in [7, 11) is 0. The smallest absolute Gasteiger partial charge is 0.416 e. The van der Waals surface area contributed by atoms with Crippen LogP contribution in [0.4, 0.5) is 18.9 Å². The first-order valence-electron chi connectivity index (χ1n) is 7.12. The number of para-hydroxylation sites is 1. The van der Waals surface area contributed by atoms with Crippen LogP contribution in [-0.2, 0) is 15.7 Å². The van der Waals surface area contributed by atoms with Gasteiger partial charge in [-0.05, 0) is 37.3 Å². The second-order valence-electron chi connectivity index (χ2n) is 5.10. The number of alkyl halides is 3. The monoisotopic (exact) mass is 371 g/mol. The van der Waals surface area contributed by atoms with Crippen molar-refractivity contribution in [3.63, 3.8) is 0 Å². The van der Waals surface area contributed by atoms with Crippen LogP contribution in [-0.4, -0.2) is 18.0 Å². The van der Waals surface area contributed by atoms with Gasteiger partial charge in [0.2, 0.25) is 0 Å². The van der Waals surface area contributed by atoms with Gasteiger partial charge in [-0.2, -0.15) is 13.2 Å². The van der Waals surface area contributed by atoms with Crippen molar-refractivity contribution in [3.05, 3.63) is 64.7 Å². The van der Waals surface area contributed by atoms with Crippen molar-refractivity contribution in [3.8, 4) is 0 Å². The molecule has 1 amide bonds. The average molecular weight is 372 g/mol. The number of nitrogens with one attached hydrogen (secondary N) is 1. The van der Waals surface area contributed by atoms with E-state index in [0.717, 1.165) is 12.1 Å². The fraction of sp³-hybridized carbons (Fsp3) is 0.176. The molecule has 0 bridgehead atoms. The number of ether oxygens (including phenoxy) is 1. The van der Waals surface area contributed by atoms with Crippen LogP contribution in [0.3, 0.4) is 0 Å². The van der Waals surface area contributed by atoms with Gasteiger partial charge in [0.25, 0.3) is 5.91 Å². The summed E-state index contributed by atoms with van der Waals surface area (Å²) >= 11 is 5.91. The lowest BCUT2D eigenvalue weighted by Crippen LogP contribution is -2.30. The summed E-state index contributed by atoms with van der Waals surface area (Å²) in [6.45, 7) is 1.30. The van der Waals surface area contributed by atoms with E-state index in [9.17, 15) is 22.8 Å². The predicted molar refractivity (Wildman–Crippen MR) is 86.4 cm³/mol. The third-order valence-electron chi connectivity index (χ3n) is 3.21. The average Bonchev–Trinajstić information content (AvgIpc) is 2.56. The van der Waals surface area contributed by atoms with E-state index >= 15 is 0 Å². The standard InChI is InChI=1S/C17H13ClF3NO3/c1-10(15(23)22-14-8-3-2-7-13(14)18)25-16(24)11-5-4-6-12(9-11)17(19,20)21/h2-10H,1H3,(H,22,23). The molecule has 2 aromatic rings. The summed E-state index contributed by atoms with van der Waals surface area (Å²) in [6.07, 6.45) is -5.80. The number of amides is 1. The molecule has 1 atom stereocenters. The summed E-state index contributed by atoms with van der Waals surface area (Å²) in [6, 6.07) is 10.2. The first-order chi connectivity index (χ1) is 11.7. The number of halogens is 4. The van der Waals surface area contributed by atoms with E-state index < -0.39 is 29.7 Å². The lowest BCUT2D eigenvalue weighted by molar-refractivity contribution is -0.137. The van der Waals surface area contributed by atoms with Gasteiger partial charge in [-0.25, -0.2) is 4.79 Å². The molecular formula is C17H13ClF3NO3. The minimum absolute atomic E-state index is 0.298. The van der Waals surface area contributed by atoms with E-state index in [1.165, 1.54) is 13.0 Å². The van der Waals surface area contributed by atoms with Gasteiger partial charge >= 0.3 is 12.1 Å². The summed E-state index contributed by atoms with van der Waals surface area (Å²) in [5.41, 5.74) is -0.946. The molecule has 1 unspecified atom stereocenters. The minimum Gasteiger partial charge on any atom is -0.449 e. The van der Waals surface area contributed by atoms with Gasteiger partial charge in [-0.15, -0.1) is 0 Å². The Bertz CT molecular complexity index is 793. The molecule has 0 aliphatic carbocycles. The highest BCUT2D eigenvalue weighted by atomic mass is 35.5. The molecule has 2 rings (SSSR count). The Kier molecular flexibility index (Phi) is 5.69. The zero-order valence-electron chi connectivity index (χ0n) is 12.9. The quantitative estimate of drug-likeness (QED) is 0.803. The van der Waals surface area contributed by atoms with Crippen LogP contribution in [0.15, 0.2) is 48.5 Å². The summed E-state index contributed by atoms with van der Waals surface area (Å²) in [5.74, 6) is -1.69. The molecule has 0 saturated heterocycles. The predicted octanol–water partition coefficient (Wildman–Crippen LogP) is 4.54. The zero-order valence-corrected chi connectivity index (χ0v) is 13.7. The molecule has 2 aromatic carbocycles. The number of hydrogen-bond donors (Lipinski definition) is 1. The van der Waals surface area contributed by atoms with Crippen LogP contribution in [0.2, 0.25) is 5.02 Å². The second kappa shape index (κ2) is 7.57. The van der Waals surface area contributed by atoms with Gasteiger partial charge in [0.05, 0.1) is 21.8 Å². The lowest BCUT2D eigenvalue weighted by atomic mass is 10.1. The summed E-state index contributed by atoms with van der Waals surface area (Å²) in [4.78, 5) is 24.0. The van der Waals surface area contributed by atoms with Crippen molar-refractivity contribution in [2.75, 3.05) is 5.32 Å². The normalized spacial score (nSPS) is 12.4. The molecule has 25 heavy (non-hydrogen) atoms. The SMILES string of the molecule is CC(OC(=O)c1cccc(C(F)(F)F)c1)C(=O)Nc1ccccc1Cl. The summed E-state index contributed by atoms with van der Waals surface area (Å²) in [5, 5.41) is 2.77. The Hall–Kier alpha value is -2.54. The molecule has 0 aliphatic rings. The third-order valence-corrected chi connectivity index (χ3v) is 3.54. The maximum atomic E-state index is 12.7. The van der Waals surface area contributed by atoms with Gasteiger partial charge in [0.15, 0.2) is 6.10 Å². The molecule has 0 fully saturated rings. The number of esters is 1. The molecule has 0 aliphatic heterocycles. The van der Waals surface area contributed by atoms with Crippen molar-refractivity contribution in [2.45, 2.75) is 19.2 Å². The van der Waals surface area contributed by atoms with E-state index in [0.29, 0.717) is 16.8 Å². The third kappa shape index (κ3) is 4.96. The van der Waals surface area contributed by atoms with Gasteiger partial charge in [0.1, 0.15) is 0 Å². The van der Waals surface area contributed by atoms with Crippen molar-refractivity contribution >= 4 is 29.2 Å². The van der Waals surface area contributed by atoms with E-state index in [2.05, 4.69) is 5.32 Å². The first kappa shape index (κ1) is 18.8. The number of carbonyl (C=O) groups is 2. The minimum atomic E-state index is -4.58. The Morgan fingerprint density at radius 2 is 1.80 bits per heavy atom. The van der Waals surface area contributed by atoms with Crippen LogP contribution >= 0.6 is 11.6 Å². The second-order valence-corrected chi connectivity index (χ2v) is 5.50. The van der Waals surface area contributed by atoms with Crippen LogP contribution in [0.25, 0.3) is 0 Å². The number of benzene rings is 2. The maximum absolute atomic E-state index is 12.7. The van der Waals surface area contributed by atoms with Crippen molar-refractivity contribution in [1.29, 1.82) is 0 Å². The van der Waals surface area contributed by atoms with Crippen molar-refractivity contribution in [2.24, 2.45) is 0 Å². The van der Waals surface area contributed by atoms with E-state index in [4.69, 9.17) is 16.3 Å². The van der Waals surface area contributed by atoms with E-state index in [1.807, 2.05) is 0 Å². The Morgan fingerprint density at radius 3 is 2.44 bits per heavy atom. The lowest BCUT2D eigenvalue weighted by Gasteiger charge is -2.15. The molecule has 0 radical (unpaired) electrons. The largest absolute Gasteiger partial charge is 0.449 e. The summed E-state index contributed by atoms with van der Waals surface area (Å²) < 4.78 is 42.9. The van der Waals surface area contributed by atoms with Gasteiger partial charge < -0.3 is 10.1 Å². The fourth-order valence-corrected chi connectivity index (χ4v) is 2.08. The first-order valence-corrected chi connectivity index (χ1v) is 7.50. The number of carbonyl (C=O) groups excluding carboxylic acids is 2.